The molecule has 0 aliphatic carbocycles. The van der Waals surface area contributed by atoms with Crippen LogP contribution in [0.5, 0.6) is 0 Å². The van der Waals surface area contributed by atoms with Crippen LogP contribution in [0.4, 0.5) is 30.4 Å². The third kappa shape index (κ3) is 3.87. The molecule has 21 heavy (non-hydrogen) atoms. The summed E-state index contributed by atoms with van der Waals surface area (Å²) in [5, 5.41) is 6.01. The second-order valence-corrected chi connectivity index (χ2v) is 4.61. The number of alkyl halides is 3. The minimum absolute atomic E-state index is 0.205. The Kier molecular flexibility index (Phi) is 4.35. The number of halogens is 3. The second-order valence-electron chi connectivity index (χ2n) is 4.61. The van der Waals surface area contributed by atoms with Crippen LogP contribution in [0.3, 0.4) is 0 Å². The first kappa shape index (κ1) is 15.2. The van der Waals surface area contributed by atoms with Crippen LogP contribution in [0.1, 0.15) is 18.1 Å². The standard InChI is InChI=1S/C15H16F3N3/c1-3-19-14-9-12(6-7-20-14)21-11-5-4-10(2)13(8-11)15(16,17)18/h4-9H,3H2,1-2H3,(H2,19,20,21). The van der Waals surface area contributed by atoms with Crippen LogP contribution in [0.15, 0.2) is 36.5 Å². The van der Waals surface area contributed by atoms with Crippen LogP contribution >= 0.6 is 0 Å². The van der Waals surface area contributed by atoms with Crippen molar-refractivity contribution in [3.63, 3.8) is 0 Å². The van der Waals surface area contributed by atoms with Crippen LogP contribution in [-0.2, 0) is 6.18 Å². The number of rotatable bonds is 4. The highest BCUT2D eigenvalue weighted by Gasteiger charge is 2.32. The van der Waals surface area contributed by atoms with E-state index in [9.17, 15) is 13.2 Å². The molecule has 2 rings (SSSR count). The number of anilines is 3. The lowest BCUT2D eigenvalue weighted by Crippen LogP contribution is -2.08. The summed E-state index contributed by atoms with van der Waals surface area (Å²) in [6.45, 7) is 4.11. The Hall–Kier alpha value is -2.24. The van der Waals surface area contributed by atoms with E-state index < -0.39 is 11.7 Å². The number of nitrogens with one attached hydrogen (secondary N) is 2. The summed E-state index contributed by atoms with van der Waals surface area (Å²) < 4.78 is 38.7. The van der Waals surface area contributed by atoms with Gasteiger partial charge in [-0.3, -0.25) is 0 Å². The lowest BCUT2D eigenvalue weighted by atomic mass is 10.1. The van der Waals surface area contributed by atoms with Crippen LogP contribution in [-0.4, -0.2) is 11.5 Å². The minimum Gasteiger partial charge on any atom is -0.370 e. The molecule has 0 saturated heterocycles. The molecule has 0 radical (unpaired) electrons. The Morgan fingerprint density at radius 3 is 2.48 bits per heavy atom. The normalized spacial score (nSPS) is 11.3. The lowest BCUT2D eigenvalue weighted by molar-refractivity contribution is -0.138. The second kappa shape index (κ2) is 6.03. The molecule has 112 valence electrons. The maximum absolute atomic E-state index is 12.9. The van der Waals surface area contributed by atoms with Crippen molar-refractivity contribution in [2.24, 2.45) is 0 Å². The zero-order valence-electron chi connectivity index (χ0n) is 11.8. The van der Waals surface area contributed by atoms with Crippen molar-refractivity contribution >= 4 is 17.2 Å². The average Bonchev–Trinajstić information content (AvgIpc) is 2.40. The first-order valence-corrected chi connectivity index (χ1v) is 6.55. The summed E-state index contributed by atoms with van der Waals surface area (Å²) in [6.07, 6.45) is -2.76. The molecule has 0 saturated carbocycles. The smallest absolute Gasteiger partial charge is 0.370 e. The molecule has 6 heteroatoms. The van der Waals surface area contributed by atoms with Gasteiger partial charge in [-0.15, -0.1) is 0 Å². The highest BCUT2D eigenvalue weighted by Crippen LogP contribution is 2.34. The van der Waals surface area contributed by atoms with Crippen molar-refractivity contribution < 1.29 is 13.2 Å². The van der Waals surface area contributed by atoms with Gasteiger partial charge in [-0.2, -0.15) is 13.2 Å². The molecule has 0 aliphatic heterocycles. The van der Waals surface area contributed by atoms with E-state index in [-0.39, 0.29) is 5.56 Å². The summed E-state index contributed by atoms with van der Waals surface area (Å²) >= 11 is 0. The zero-order chi connectivity index (χ0) is 15.5. The Balaban J connectivity index is 2.26. The topological polar surface area (TPSA) is 37.0 Å². The third-order valence-corrected chi connectivity index (χ3v) is 2.95. The van der Waals surface area contributed by atoms with Gasteiger partial charge in [0.1, 0.15) is 5.82 Å². The van der Waals surface area contributed by atoms with E-state index in [0.717, 1.165) is 12.6 Å². The molecule has 0 fully saturated rings. The van der Waals surface area contributed by atoms with Crippen LogP contribution in [0.2, 0.25) is 0 Å². The van der Waals surface area contributed by atoms with E-state index in [1.54, 1.807) is 24.4 Å². The van der Waals surface area contributed by atoms with E-state index in [1.807, 2.05) is 6.92 Å². The number of hydrogen-bond acceptors (Lipinski definition) is 3. The molecule has 0 spiro atoms. The fourth-order valence-corrected chi connectivity index (χ4v) is 1.96. The first-order valence-electron chi connectivity index (χ1n) is 6.55. The van der Waals surface area contributed by atoms with Crippen molar-refractivity contribution in [2.45, 2.75) is 20.0 Å². The van der Waals surface area contributed by atoms with Gasteiger partial charge in [-0.05, 0) is 37.6 Å². The number of hydrogen-bond donors (Lipinski definition) is 2. The van der Waals surface area contributed by atoms with Crippen molar-refractivity contribution in [1.82, 2.24) is 4.98 Å². The number of nitrogens with zero attached hydrogens (tertiary/aromatic N) is 1. The molecule has 0 atom stereocenters. The molecular weight excluding hydrogens is 279 g/mol. The van der Waals surface area contributed by atoms with Crippen molar-refractivity contribution in [1.29, 1.82) is 0 Å². The van der Waals surface area contributed by atoms with E-state index in [0.29, 0.717) is 17.2 Å². The van der Waals surface area contributed by atoms with Gasteiger partial charge in [0.2, 0.25) is 0 Å². The molecule has 2 aromatic rings. The Labute approximate surface area is 121 Å². The Morgan fingerprint density at radius 2 is 1.81 bits per heavy atom. The van der Waals surface area contributed by atoms with Crippen molar-refractivity contribution in [3.05, 3.63) is 47.7 Å². The molecule has 1 aromatic carbocycles. The average molecular weight is 295 g/mol. The molecule has 0 unspecified atom stereocenters. The lowest BCUT2D eigenvalue weighted by Gasteiger charge is -2.13. The van der Waals surface area contributed by atoms with Gasteiger partial charge in [0, 0.05) is 30.2 Å². The summed E-state index contributed by atoms with van der Waals surface area (Å²) in [5.74, 6) is 0.672. The summed E-state index contributed by atoms with van der Waals surface area (Å²) in [4.78, 5) is 4.11. The van der Waals surface area contributed by atoms with Crippen LogP contribution in [0.25, 0.3) is 0 Å². The molecule has 0 bridgehead atoms. The third-order valence-electron chi connectivity index (χ3n) is 2.95. The SMILES string of the molecule is CCNc1cc(Nc2ccc(C)c(C(F)(F)F)c2)ccn1. The molecular formula is C15H16F3N3. The highest BCUT2D eigenvalue weighted by atomic mass is 19.4. The molecule has 1 aromatic heterocycles. The first-order chi connectivity index (χ1) is 9.90. The fraction of sp³-hybridized carbons (Fsp3) is 0.267. The van der Waals surface area contributed by atoms with Crippen molar-refractivity contribution in [3.8, 4) is 0 Å². The van der Waals surface area contributed by atoms with E-state index in [1.165, 1.54) is 13.0 Å². The van der Waals surface area contributed by atoms with Crippen LogP contribution < -0.4 is 10.6 Å². The summed E-state index contributed by atoms with van der Waals surface area (Å²) in [7, 11) is 0. The predicted octanol–water partition coefficient (Wildman–Crippen LogP) is 4.58. The largest absolute Gasteiger partial charge is 0.416 e. The van der Waals surface area contributed by atoms with Crippen molar-refractivity contribution in [2.75, 3.05) is 17.2 Å². The number of pyridine rings is 1. The van der Waals surface area contributed by atoms with E-state index in [2.05, 4.69) is 15.6 Å². The molecule has 3 nitrogen and oxygen atoms in total. The summed E-state index contributed by atoms with van der Waals surface area (Å²) in [6, 6.07) is 7.64. The van der Waals surface area contributed by atoms with Gasteiger partial charge in [-0.1, -0.05) is 6.07 Å². The number of benzene rings is 1. The molecule has 1 heterocycles. The summed E-state index contributed by atoms with van der Waals surface area (Å²) in [5.41, 5.74) is 0.643. The van der Waals surface area contributed by atoms with Gasteiger partial charge < -0.3 is 10.6 Å². The Bertz CT molecular complexity index is 624. The molecule has 0 aliphatic rings. The van der Waals surface area contributed by atoms with E-state index >= 15 is 0 Å². The van der Waals surface area contributed by atoms with Gasteiger partial charge in [0.15, 0.2) is 0 Å². The minimum atomic E-state index is -4.35. The van der Waals surface area contributed by atoms with Gasteiger partial charge in [0.25, 0.3) is 0 Å². The van der Waals surface area contributed by atoms with Crippen LogP contribution in [0, 0.1) is 6.92 Å². The zero-order valence-corrected chi connectivity index (χ0v) is 11.8. The fourth-order valence-electron chi connectivity index (χ4n) is 1.96. The quantitative estimate of drug-likeness (QED) is 0.866. The van der Waals surface area contributed by atoms with Gasteiger partial charge in [-0.25, -0.2) is 4.98 Å². The Morgan fingerprint density at radius 1 is 1.10 bits per heavy atom. The highest BCUT2D eigenvalue weighted by molar-refractivity contribution is 5.63. The monoisotopic (exact) mass is 295 g/mol. The number of aromatic nitrogens is 1. The maximum atomic E-state index is 12.9. The van der Waals surface area contributed by atoms with E-state index in [4.69, 9.17) is 0 Å². The molecule has 0 amide bonds. The molecule has 2 N–H and O–H groups in total. The number of aryl methyl sites for hydroxylation is 1. The van der Waals surface area contributed by atoms with Gasteiger partial charge in [0.05, 0.1) is 5.56 Å². The van der Waals surface area contributed by atoms with Gasteiger partial charge >= 0.3 is 6.18 Å². The maximum Gasteiger partial charge on any atom is 0.416 e. The predicted molar refractivity (Wildman–Crippen MR) is 77.9 cm³/mol.